The Labute approximate surface area is 272 Å². The van der Waals surface area contributed by atoms with Gasteiger partial charge in [-0.2, -0.15) is 0 Å². The van der Waals surface area contributed by atoms with Crippen molar-refractivity contribution in [2.75, 3.05) is 19.6 Å². The van der Waals surface area contributed by atoms with Crippen molar-refractivity contribution in [3.63, 3.8) is 0 Å². The monoisotopic (exact) mass is 618 g/mol. The first-order chi connectivity index (χ1) is 22.2. The number of likely N-dealkylation sites (tertiary alicyclic amines) is 1. The third-order valence-corrected chi connectivity index (χ3v) is 11.4. The highest BCUT2D eigenvalue weighted by Crippen LogP contribution is 2.45. The number of piperidine rings is 2. The topological polar surface area (TPSA) is 78.7 Å². The zero-order valence-corrected chi connectivity index (χ0v) is 27.4. The summed E-state index contributed by atoms with van der Waals surface area (Å²) in [5.41, 5.74) is 5.73. The average molecular weight is 619 g/mol. The van der Waals surface area contributed by atoms with Crippen molar-refractivity contribution in [3.8, 4) is 0 Å². The normalized spacial score (nSPS) is 22.9. The summed E-state index contributed by atoms with van der Waals surface area (Å²) in [6.45, 7) is 9.08. The molecule has 1 aromatic heterocycles. The fourth-order valence-corrected chi connectivity index (χ4v) is 8.81. The van der Waals surface area contributed by atoms with Crippen molar-refractivity contribution < 1.29 is 14.7 Å². The number of rotatable bonds is 8. The van der Waals surface area contributed by atoms with Gasteiger partial charge in [0.15, 0.2) is 0 Å². The molecule has 3 aromatic carbocycles. The fraction of sp³-hybridized carbons (Fsp3) is 0.462. The summed E-state index contributed by atoms with van der Waals surface area (Å²) in [7, 11) is 0. The first-order valence-electron chi connectivity index (χ1n) is 17.1. The summed E-state index contributed by atoms with van der Waals surface area (Å²) in [5.74, 6) is 0.496. The van der Waals surface area contributed by atoms with Crippen LogP contribution in [0, 0.1) is 6.92 Å². The molecule has 1 unspecified atom stereocenters. The van der Waals surface area contributed by atoms with Crippen molar-refractivity contribution >= 4 is 22.9 Å². The van der Waals surface area contributed by atoms with Crippen molar-refractivity contribution in [3.05, 3.63) is 101 Å². The average Bonchev–Trinajstić information content (AvgIpc) is 3.53. The smallest absolute Gasteiger partial charge is 0.335 e. The van der Waals surface area contributed by atoms with Gasteiger partial charge in [0, 0.05) is 36.8 Å². The second kappa shape index (κ2) is 12.3. The van der Waals surface area contributed by atoms with Crippen molar-refractivity contribution in [2.24, 2.45) is 0 Å². The predicted octanol–water partition coefficient (Wildman–Crippen LogP) is 7.60. The second-order valence-electron chi connectivity index (χ2n) is 14.3. The Morgan fingerprint density at radius 3 is 2.30 bits per heavy atom. The molecule has 3 fully saturated rings. The van der Waals surface area contributed by atoms with Crippen LogP contribution in [0.4, 0.5) is 0 Å². The number of imidazole rings is 1. The van der Waals surface area contributed by atoms with Gasteiger partial charge < -0.3 is 14.6 Å². The van der Waals surface area contributed by atoms with Crippen LogP contribution in [0.3, 0.4) is 0 Å². The van der Waals surface area contributed by atoms with Crippen LogP contribution >= 0.6 is 0 Å². The number of aromatic nitrogens is 2. The van der Waals surface area contributed by atoms with E-state index < -0.39 is 5.97 Å². The number of aryl methyl sites for hydroxylation is 1. The number of amides is 1. The first-order valence-corrected chi connectivity index (χ1v) is 17.1. The molecule has 0 spiro atoms. The van der Waals surface area contributed by atoms with E-state index in [1.54, 1.807) is 12.1 Å². The van der Waals surface area contributed by atoms with Crippen LogP contribution in [0.1, 0.15) is 108 Å². The molecule has 3 aliphatic heterocycles. The maximum absolute atomic E-state index is 13.5. The van der Waals surface area contributed by atoms with Gasteiger partial charge in [0.1, 0.15) is 5.82 Å². The van der Waals surface area contributed by atoms with Gasteiger partial charge in [-0.3, -0.25) is 9.69 Å². The van der Waals surface area contributed by atoms with E-state index in [2.05, 4.69) is 78.8 Å². The van der Waals surface area contributed by atoms with Gasteiger partial charge in [0.25, 0.3) is 5.91 Å². The largest absolute Gasteiger partial charge is 0.478 e. The maximum Gasteiger partial charge on any atom is 0.335 e. The molecule has 240 valence electrons. The Bertz CT molecular complexity index is 1740. The number of carbonyl (C=O) groups is 2. The number of aromatic carboxylic acids is 1. The second-order valence-corrected chi connectivity index (χ2v) is 14.3. The highest BCUT2D eigenvalue weighted by Gasteiger charge is 2.44. The number of hydrogen-bond donors (Lipinski definition) is 1. The lowest BCUT2D eigenvalue weighted by atomic mass is 9.69. The van der Waals surface area contributed by atoms with E-state index in [-0.39, 0.29) is 16.9 Å². The minimum atomic E-state index is -1.01. The molecule has 7 rings (SSSR count). The molecule has 3 aliphatic rings. The van der Waals surface area contributed by atoms with E-state index in [1.165, 1.54) is 54.5 Å². The number of fused-ring (bicyclic) bond motifs is 3. The van der Waals surface area contributed by atoms with Gasteiger partial charge in [-0.15, -0.1) is 0 Å². The number of nitrogens with zero attached hydrogens (tertiary/aromatic N) is 4. The summed E-state index contributed by atoms with van der Waals surface area (Å²) in [4.78, 5) is 34.7. The zero-order valence-electron chi connectivity index (χ0n) is 27.4. The van der Waals surface area contributed by atoms with Crippen molar-refractivity contribution in [2.45, 2.75) is 95.2 Å². The molecule has 7 nitrogen and oxygen atoms in total. The molecular formula is C39H46N4O3. The maximum atomic E-state index is 13.5. The van der Waals surface area contributed by atoms with Gasteiger partial charge in [0.05, 0.1) is 16.6 Å². The van der Waals surface area contributed by atoms with E-state index >= 15 is 0 Å². The Morgan fingerprint density at radius 2 is 1.59 bits per heavy atom. The van der Waals surface area contributed by atoms with Crippen LogP contribution in [0.2, 0.25) is 0 Å². The summed E-state index contributed by atoms with van der Waals surface area (Å²) in [6.07, 6.45) is 7.77. The van der Waals surface area contributed by atoms with E-state index in [0.29, 0.717) is 42.7 Å². The number of carboxylic acids is 1. The number of benzene rings is 3. The summed E-state index contributed by atoms with van der Waals surface area (Å²) in [5, 5.41) is 9.45. The Hall–Kier alpha value is -3.97. The minimum absolute atomic E-state index is 0.00196. The van der Waals surface area contributed by atoms with E-state index in [4.69, 9.17) is 4.98 Å². The molecule has 1 amide bonds. The lowest BCUT2D eigenvalue weighted by Crippen LogP contribution is -2.49. The van der Waals surface area contributed by atoms with Crippen LogP contribution < -0.4 is 0 Å². The zero-order chi connectivity index (χ0) is 32.0. The van der Waals surface area contributed by atoms with E-state index in [9.17, 15) is 14.7 Å². The molecule has 3 atom stereocenters. The van der Waals surface area contributed by atoms with Crippen LogP contribution in [0.15, 0.2) is 72.8 Å². The molecule has 0 radical (unpaired) electrons. The van der Waals surface area contributed by atoms with Crippen molar-refractivity contribution in [1.82, 2.24) is 19.4 Å². The first kappa shape index (κ1) is 30.7. The molecule has 7 heteroatoms. The van der Waals surface area contributed by atoms with Gasteiger partial charge >= 0.3 is 5.97 Å². The van der Waals surface area contributed by atoms with Crippen LogP contribution in [-0.2, 0) is 5.41 Å². The van der Waals surface area contributed by atoms with Gasteiger partial charge in [-0.25, -0.2) is 9.78 Å². The third kappa shape index (κ3) is 5.63. The molecule has 3 saturated heterocycles. The standard InChI is InChI=1S/C39H46N4O3/c1-26(2)28-8-7-11-31(23-28)39(16-19-41(20-17-39)37(44)29-9-6-10-30(22-29)38(45)46)18-21-42-32-14-15-33(42)25-34(24-32)43-27(3)40-35-12-4-5-13-36(35)43/h4-13,22-23,26,32-34H,14-21,24-25H2,1-3H3,(H,45,46)/t32-,33+,34?. The highest BCUT2D eigenvalue weighted by atomic mass is 16.4. The summed E-state index contributed by atoms with van der Waals surface area (Å²) >= 11 is 0. The van der Waals surface area contributed by atoms with Crippen LogP contribution in [0.5, 0.6) is 0 Å². The van der Waals surface area contributed by atoms with Gasteiger partial charge in [0.2, 0.25) is 0 Å². The molecule has 4 heterocycles. The number of carbonyl (C=O) groups excluding carboxylic acids is 1. The third-order valence-electron chi connectivity index (χ3n) is 11.4. The number of hydrogen-bond acceptors (Lipinski definition) is 4. The Morgan fingerprint density at radius 1 is 0.891 bits per heavy atom. The van der Waals surface area contributed by atoms with Gasteiger partial charge in [-0.1, -0.05) is 56.3 Å². The number of para-hydroxylation sites is 2. The molecule has 1 N–H and O–H groups in total. The molecule has 2 bridgehead atoms. The SMILES string of the molecule is Cc1nc2ccccc2n1C1C[C@H]2CC[C@@H](C1)N2CCC1(c2cccc(C(C)C)c2)CCN(C(=O)c2cccc(C(=O)O)c2)CC1. The molecule has 4 aromatic rings. The Kier molecular flexibility index (Phi) is 8.22. The summed E-state index contributed by atoms with van der Waals surface area (Å²) < 4.78 is 2.51. The molecule has 0 saturated carbocycles. The lowest BCUT2D eigenvalue weighted by molar-refractivity contribution is 0.0607. The van der Waals surface area contributed by atoms with Crippen LogP contribution in [0.25, 0.3) is 11.0 Å². The highest BCUT2D eigenvalue weighted by molar-refractivity contribution is 5.97. The Balaban J connectivity index is 1.09. The summed E-state index contributed by atoms with van der Waals surface area (Å²) in [6, 6.07) is 25.9. The van der Waals surface area contributed by atoms with Gasteiger partial charge in [-0.05, 0) is 111 Å². The predicted molar refractivity (Wildman–Crippen MR) is 182 cm³/mol. The fourth-order valence-electron chi connectivity index (χ4n) is 8.81. The van der Waals surface area contributed by atoms with Crippen molar-refractivity contribution in [1.29, 1.82) is 0 Å². The van der Waals surface area contributed by atoms with E-state index in [0.717, 1.165) is 37.1 Å². The van der Waals surface area contributed by atoms with Crippen LogP contribution in [-0.4, -0.2) is 68.1 Å². The quantitative estimate of drug-likeness (QED) is 0.220. The lowest BCUT2D eigenvalue weighted by Gasteiger charge is -2.46. The van der Waals surface area contributed by atoms with E-state index in [1.807, 2.05) is 4.90 Å². The molecule has 46 heavy (non-hydrogen) atoms. The minimum Gasteiger partial charge on any atom is -0.478 e. The molecular weight excluding hydrogens is 572 g/mol. The number of carboxylic acid groups (broad SMARTS) is 1. The molecule has 0 aliphatic carbocycles.